The number of carbonyl (C=O) groups excluding carboxylic acids is 1. The number of rotatable bonds is 5. The van der Waals surface area contributed by atoms with Crippen LogP contribution >= 0.6 is 11.6 Å². The second kappa shape index (κ2) is 7.02. The SMILES string of the molecule is O=C(NCC(O)c1ccc([N+](=O)[O-])cc1)c1ccc(Cl)cc1. The van der Waals surface area contributed by atoms with Crippen LogP contribution in [-0.2, 0) is 0 Å². The van der Waals surface area contributed by atoms with Crippen molar-refractivity contribution >= 4 is 23.2 Å². The molecule has 7 heteroatoms. The minimum atomic E-state index is -0.947. The molecule has 0 heterocycles. The first-order chi connectivity index (χ1) is 10.5. The minimum absolute atomic E-state index is 0.000723. The number of aliphatic hydroxyl groups excluding tert-OH is 1. The van der Waals surface area contributed by atoms with Gasteiger partial charge in [0.25, 0.3) is 11.6 Å². The van der Waals surface area contributed by atoms with Crippen LogP contribution in [-0.4, -0.2) is 22.5 Å². The van der Waals surface area contributed by atoms with Crippen LogP contribution in [0.4, 0.5) is 5.69 Å². The zero-order chi connectivity index (χ0) is 16.1. The highest BCUT2D eigenvalue weighted by atomic mass is 35.5. The van der Waals surface area contributed by atoms with Crippen molar-refractivity contribution in [2.24, 2.45) is 0 Å². The number of nitro groups is 1. The predicted octanol–water partition coefficient (Wildman–Crippen LogP) is 2.71. The van der Waals surface area contributed by atoms with Gasteiger partial charge in [0.1, 0.15) is 0 Å². The summed E-state index contributed by atoms with van der Waals surface area (Å²) in [6, 6.07) is 11.9. The number of nitrogens with one attached hydrogen (secondary N) is 1. The molecule has 1 atom stereocenters. The maximum absolute atomic E-state index is 11.9. The second-order valence-corrected chi connectivity index (χ2v) is 5.02. The molecule has 0 saturated heterocycles. The van der Waals surface area contributed by atoms with Crippen LogP contribution < -0.4 is 5.32 Å². The van der Waals surface area contributed by atoms with Gasteiger partial charge in [-0.1, -0.05) is 11.6 Å². The average molecular weight is 321 g/mol. The fourth-order valence-electron chi connectivity index (χ4n) is 1.83. The summed E-state index contributed by atoms with van der Waals surface area (Å²) in [4.78, 5) is 21.9. The summed E-state index contributed by atoms with van der Waals surface area (Å²) in [5, 5.41) is 23.7. The third-order valence-corrected chi connectivity index (χ3v) is 3.30. The molecule has 22 heavy (non-hydrogen) atoms. The molecule has 0 spiro atoms. The van der Waals surface area contributed by atoms with Crippen molar-refractivity contribution < 1.29 is 14.8 Å². The van der Waals surface area contributed by atoms with Gasteiger partial charge in [-0.3, -0.25) is 14.9 Å². The number of non-ortho nitro benzene ring substituents is 1. The molecule has 0 aliphatic carbocycles. The van der Waals surface area contributed by atoms with Gasteiger partial charge in [0.05, 0.1) is 11.0 Å². The average Bonchev–Trinajstić information content (AvgIpc) is 2.53. The quantitative estimate of drug-likeness (QED) is 0.654. The Morgan fingerprint density at radius 1 is 1.18 bits per heavy atom. The van der Waals surface area contributed by atoms with Crippen LogP contribution in [0, 0.1) is 10.1 Å². The summed E-state index contributed by atoms with van der Waals surface area (Å²) in [5.74, 6) is -0.336. The monoisotopic (exact) mass is 320 g/mol. The second-order valence-electron chi connectivity index (χ2n) is 4.58. The molecule has 0 aromatic heterocycles. The molecular formula is C15H13ClN2O4. The summed E-state index contributed by atoms with van der Waals surface area (Å²) < 4.78 is 0. The Balaban J connectivity index is 1.94. The lowest BCUT2D eigenvalue weighted by atomic mass is 10.1. The van der Waals surface area contributed by atoms with Gasteiger partial charge in [0, 0.05) is 29.3 Å². The fraction of sp³-hybridized carbons (Fsp3) is 0.133. The number of aliphatic hydroxyl groups is 1. The number of carbonyl (C=O) groups is 1. The van der Waals surface area contributed by atoms with Gasteiger partial charge in [-0.15, -0.1) is 0 Å². The first-order valence-electron chi connectivity index (χ1n) is 6.43. The van der Waals surface area contributed by atoms with E-state index in [2.05, 4.69) is 5.32 Å². The van der Waals surface area contributed by atoms with Crippen LogP contribution in [0.5, 0.6) is 0 Å². The van der Waals surface area contributed by atoms with E-state index in [0.29, 0.717) is 16.1 Å². The van der Waals surface area contributed by atoms with Crippen LogP contribution in [0.15, 0.2) is 48.5 Å². The van der Waals surface area contributed by atoms with Gasteiger partial charge in [-0.25, -0.2) is 0 Å². The zero-order valence-electron chi connectivity index (χ0n) is 11.4. The molecule has 1 unspecified atom stereocenters. The fourth-order valence-corrected chi connectivity index (χ4v) is 1.95. The smallest absolute Gasteiger partial charge is 0.269 e. The van der Waals surface area contributed by atoms with E-state index in [1.807, 2.05) is 0 Å². The molecule has 2 aromatic rings. The van der Waals surface area contributed by atoms with E-state index in [1.54, 1.807) is 24.3 Å². The van der Waals surface area contributed by atoms with Gasteiger partial charge in [0.2, 0.25) is 0 Å². The van der Waals surface area contributed by atoms with Crippen molar-refractivity contribution in [3.8, 4) is 0 Å². The molecule has 6 nitrogen and oxygen atoms in total. The molecule has 2 rings (SSSR count). The van der Waals surface area contributed by atoms with Crippen molar-refractivity contribution in [2.45, 2.75) is 6.10 Å². The molecule has 0 aliphatic rings. The maximum atomic E-state index is 11.9. The number of benzene rings is 2. The van der Waals surface area contributed by atoms with Crippen LogP contribution in [0.3, 0.4) is 0 Å². The van der Waals surface area contributed by atoms with Crippen LogP contribution in [0.1, 0.15) is 22.0 Å². The third-order valence-electron chi connectivity index (χ3n) is 3.05. The molecule has 0 radical (unpaired) electrons. The van der Waals surface area contributed by atoms with Gasteiger partial charge in [-0.2, -0.15) is 0 Å². The molecule has 0 aliphatic heterocycles. The summed E-state index contributed by atoms with van der Waals surface area (Å²) in [7, 11) is 0. The Morgan fingerprint density at radius 3 is 2.32 bits per heavy atom. The van der Waals surface area contributed by atoms with Gasteiger partial charge in [-0.05, 0) is 42.0 Å². The zero-order valence-corrected chi connectivity index (χ0v) is 12.2. The number of nitro benzene ring substituents is 1. The molecule has 0 bridgehead atoms. The van der Waals surface area contributed by atoms with E-state index >= 15 is 0 Å². The van der Waals surface area contributed by atoms with Gasteiger partial charge < -0.3 is 10.4 Å². The normalized spacial score (nSPS) is 11.7. The van der Waals surface area contributed by atoms with E-state index in [1.165, 1.54) is 24.3 Å². The van der Waals surface area contributed by atoms with Crippen LogP contribution in [0.2, 0.25) is 5.02 Å². The van der Waals surface area contributed by atoms with E-state index in [9.17, 15) is 20.0 Å². The lowest BCUT2D eigenvalue weighted by Crippen LogP contribution is -2.28. The standard InChI is InChI=1S/C15H13ClN2O4/c16-12-5-1-11(2-6-12)15(20)17-9-14(19)10-3-7-13(8-4-10)18(21)22/h1-8,14,19H,9H2,(H,17,20). The molecular weight excluding hydrogens is 308 g/mol. The largest absolute Gasteiger partial charge is 0.387 e. The Hall–Kier alpha value is -2.44. The number of hydrogen-bond donors (Lipinski definition) is 2. The van der Waals surface area contributed by atoms with Gasteiger partial charge >= 0.3 is 0 Å². The number of nitrogens with zero attached hydrogens (tertiary/aromatic N) is 1. The molecule has 1 amide bonds. The topological polar surface area (TPSA) is 92.5 Å². The molecule has 0 saturated carbocycles. The van der Waals surface area contributed by atoms with E-state index in [4.69, 9.17) is 11.6 Å². The third kappa shape index (κ3) is 4.03. The summed E-state index contributed by atoms with van der Waals surface area (Å²) in [6.45, 7) is -0.000723. The minimum Gasteiger partial charge on any atom is -0.387 e. The number of amides is 1. The highest BCUT2D eigenvalue weighted by Crippen LogP contribution is 2.17. The first-order valence-corrected chi connectivity index (χ1v) is 6.81. The van der Waals surface area contributed by atoms with E-state index in [-0.39, 0.29) is 18.1 Å². The number of hydrogen-bond acceptors (Lipinski definition) is 4. The molecule has 0 fully saturated rings. The van der Waals surface area contributed by atoms with Crippen molar-refractivity contribution in [2.75, 3.05) is 6.54 Å². The Kier molecular flexibility index (Phi) is 5.08. The molecule has 2 N–H and O–H groups in total. The Bertz CT molecular complexity index is 671. The molecule has 114 valence electrons. The summed E-state index contributed by atoms with van der Waals surface area (Å²) >= 11 is 5.74. The van der Waals surface area contributed by atoms with Crippen LogP contribution in [0.25, 0.3) is 0 Å². The van der Waals surface area contributed by atoms with Crippen molar-refractivity contribution in [3.05, 3.63) is 74.8 Å². The van der Waals surface area contributed by atoms with Gasteiger partial charge in [0.15, 0.2) is 0 Å². The Morgan fingerprint density at radius 2 is 1.77 bits per heavy atom. The summed E-state index contributed by atoms with van der Waals surface area (Å²) in [5.41, 5.74) is 0.864. The first kappa shape index (κ1) is 15.9. The lowest BCUT2D eigenvalue weighted by Gasteiger charge is -2.12. The highest BCUT2D eigenvalue weighted by molar-refractivity contribution is 6.30. The van der Waals surface area contributed by atoms with Crippen molar-refractivity contribution in [1.82, 2.24) is 5.32 Å². The van der Waals surface area contributed by atoms with Crippen molar-refractivity contribution in [3.63, 3.8) is 0 Å². The number of halogens is 1. The van der Waals surface area contributed by atoms with E-state index < -0.39 is 11.0 Å². The summed E-state index contributed by atoms with van der Waals surface area (Å²) in [6.07, 6.45) is -0.947. The lowest BCUT2D eigenvalue weighted by molar-refractivity contribution is -0.384. The maximum Gasteiger partial charge on any atom is 0.269 e. The van der Waals surface area contributed by atoms with E-state index in [0.717, 1.165) is 0 Å². The predicted molar refractivity (Wildman–Crippen MR) is 81.8 cm³/mol. The highest BCUT2D eigenvalue weighted by Gasteiger charge is 2.12. The molecule has 2 aromatic carbocycles. The Labute approximate surface area is 131 Å². The van der Waals surface area contributed by atoms with Crippen molar-refractivity contribution in [1.29, 1.82) is 0 Å².